The van der Waals surface area contributed by atoms with E-state index in [-0.39, 0.29) is 11.4 Å². The van der Waals surface area contributed by atoms with Gasteiger partial charge in [-0.3, -0.25) is 15.1 Å². The van der Waals surface area contributed by atoms with Crippen LogP contribution in [0.25, 0.3) is 28.6 Å². The fourth-order valence-electron chi connectivity index (χ4n) is 3.26. The van der Waals surface area contributed by atoms with Gasteiger partial charge in [0.1, 0.15) is 5.69 Å². The molecule has 2 heterocycles. The van der Waals surface area contributed by atoms with E-state index in [0.717, 1.165) is 11.3 Å². The molecule has 4 rings (SSSR count). The maximum absolute atomic E-state index is 11.2. The molecule has 0 aliphatic heterocycles. The second-order valence-corrected chi connectivity index (χ2v) is 6.77. The summed E-state index contributed by atoms with van der Waals surface area (Å²) < 4.78 is 6.88. The Morgan fingerprint density at radius 1 is 1.19 bits per heavy atom. The molecular formula is C24H17N5O3. The van der Waals surface area contributed by atoms with Gasteiger partial charge in [0.15, 0.2) is 5.75 Å². The van der Waals surface area contributed by atoms with Crippen molar-refractivity contribution < 1.29 is 9.66 Å². The summed E-state index contributed by atoms with van der Waals surface area (Å²) in [5.41, 5.74) is 3.68. The van der Waals surface area contributed by atoms with Gasteiger partial charge in [0.05, 0.1) is 29.4 Å². The van der Waals surface area contributed by atoms with Crippen LogP contribution < -0.4 is 4.74 Å². The first-order valence-electron chi connectivity index (χ1n) is 9.61. The van der Waals surface area contributed by atoms with Crippen molar-refractivity contribution in [2.45, 2.75) is 0 Å². The van der Waals surface area contributed by atoms with Gasteiger partial charge in [0.25, 0.3) is 0 Å². The molecule has 0 fully saturated rings. The van der Waals surface area contributed by atoms with Gasteiger partial charge in [0.2, 0.25) is 0 Å². The standard InChI is InChI=1S/C24H17N5O3/c1-32-23-13-17(9-10-22(23)29(30)31)19(14-25)12-20-16-28(21-7-3-2-4-8-21)27-24(20)18-6-5-11-26-15-18/h2-13,15-16H,1H3. The average Bonchev–Trinajstić information content (AvgIpc) is 3.27. The highest BCUT2D eigenvalue weighted by atomic mass is 16.6. The number of pyridine rings is 1. The number of hydrogen-bond donors (Lipinski definition) is 0. The van der Waals surface area contributed by atoms with Crippen LogP contribution in [0.4, 0.5) is 5.69 Å². The minimum absolute atomic E-state index is 0.0844. The monoisotopic (exact) mass is 423 g/mol. The van der Waals surface area contributed by atoms with Crippen molar-refractivity contribution in [2.75, 3.05) is 7.11 Å². The van der Waals surface area contributed by atoms with E-state index in [2.05, 4.69) is 11.1 Å². The number of allylic oxidation sites excluding steroid dienone is 1. The van der Waals surface area contributed by atoms with Gasteiger partial charge < -0.3 is 4.74 Å². The Bertz CT molecular complexity index is 1340. The molecule has 0 saturated heterocycles. The molecule has 0 radical (unpaired) electrons. The lowest BCUT2D eigenvalue weighted by Crippen LogP contribution is -1.95. The lowest BCUT2D eigenvalue weighted by Gasteiger charge is -2.05. The molecule has 0 aliphatic rings. The van der Waals surface area contributed by atoms with E-state index < -0.39 is 4.92 Å². The number of aromatic nitrogens is 3. The van der Waals surface area contributed by atoms with Crippen LogP contribution in [0.15, 0.2) is 79.3 Å². The first kappa shape index (κ1) is 20.5. The number of ether oxygens (including phenoxy) is 1. The quantitative estimate of drug-likeness (QED) is 0.248. The second kappa shape index (κ2) is 8.93. The smallest absolute Gasteiger partial charge is 0.310 e. The summed E-state index contributed by atoms with van der Waals surface area (Å²) in [5, 5.41) is 25.7. The molecule has 2 aromatic carbocycles. The molecule has 0 spiro atoms. The van der Waals surface area contributed by atoms with Crippen molar-refractivity contribution in [3.05, 3.63) is 100 Å². The molecule has 4 aromatic rings. The Balaban J connectivity index is 1.85. The topological polar surface area (TPSA) is 107 Å². The lowest BCUT2D eigenvalue weighted by atomic mass is 10.0. The minimum atomic E-state index is -0.525. The van der Waals surface area contributed by atoms with Crippen molar-refractivity contribution in [1.29, 1.82) is 5.26 Å². The molecular weight excluding hydrogens is 406 g/mol. The molecule has 0 N–H and O–H groups in total. The minimum Gasteiger partial charge on any atom is -0.490 e. The Hall–Kier alpha value is -4.77. The predicted molar refractivity (Wildman–Crippen MR) is 120 cm³/mol. The number of benzene rings is 2. The average molecular weight is 423 g/mol. The summed E-state index contributed by atoms with van der Waals surface area (Å²) in [5.74, 6) is 0.0844. The molecule has 8 heteroatoms. The largest absolute Gasteiger partial charge is 0.490 e. The zero-order chi connectivity index (χ0) is 22.5. The number of nitro benzene ring substituents is 1. The predicted octanol–water partition coefficient (Wildman–Crippen LogP) is 4.92. The summed E-state index contributed by atoms with van der Waals surface area (Å²) in [7, 11) is 1.35. The van der Waals surface area contributed by atoms with Crippen LogP contribution in [-0.2, 0) is 0 Å². The van der Waals surface area contributed by atoms with Crippen molar-refractivity contribution in [2.24, 2.45) is 0 Å². The zero-order valence-electron chi connectivity index (χ0n) is 17.0. The van der Waals surface area contributed by atoms with E-state index in [1.165, 1.54) is 25.3 Å². The van der Waals surface area contributed by atoms with Crippen LogP contribution in [0, 0.1) is 21.4 Å². The maximum atomic E-state index is 11.2. The fourth-order valence-corrected chi connectivity index (χ4v) is 3.26. The third kappa shape index (κ3) is 4.08. The van der Waals surface area contributed by atoms with Gasteiger partial charge in [-0.05, 0) is 48.0 Å². The number of rotatable bonds is 6. The normalized spacial score (nSPS) is 11.1. The number of nitriles is 1. The van der Waals surface area contributed by atoms with Gasteiger partial charge in [-0.2, -0.15) is 10.4 Å². The van der Waals surface area contributed by atoms with Crippen molar-refractivity contribution >= 4 is 17.3 Å². The molecule has 0 unspecified atom stereocenters. The van der Waals surface area contributed by atoms with Gasteiger partial charge in [-0.1, -0.05) is 18.2 Å². The Morgan fingerprint density at radius 2 is 2.00 bits per heavy atom. The van der Waals surface area contributed by atoms with Crippen LogP contribution in [0.5, 0.6) is 5.75 Å². The highest BCUT2D eigenvalue weighted by molar-refractivity contribution is 5.92. The van der Waals surface area contributed by atoms with Gasteiger partial charge >= 0.3 is 5.69 Å². The first-order chi connectivity index (χ1) is 15.6. The highest BCUT2D eigenvalue weighted by Crippen LogP contribution is 2.32. The van der Waals surface area contributed by atoms with E-state index in [9.17, 15) is 15.4 Å². The third-order valence-electron chi connectivity index (χ3n) is 4.81. The van der Waals surface area contributed by atoms with E-state index in [1.54, 1.807) is 23.2 Å². The van der Waals surface area contributed by atoms with Crippen LogP contribution in [0.1, 0.15) is 11.1 Å². The lowest BCUT2D eigenvalue weighted by molar-refractivity contribution is -0.385. The van der Waals surface area contributed by atoms with Crippen molar-refractivity contribution in [1.82, 2.24) is 14.8 Å². The highest BCUT2D eigenvalue weighted by Gasteiger charge is 2.17. The molecule has 2 aromatic heterocycles. The number of para-hydroxylation sites is 1. The molecule has 8 nitrogen and oxygen atoms in total. The SMILES string of the molecule is COc1cc(C(C#N)=Cc2cn(-c3ccccc3)nc2-c2cccnc2)ccc1[N+](=O)[O-]. The molecule has 0 atom stereocenters. The summed E-state index contributed by atoms with van der Waals surface area (Å²) in [6.45, 7) is 0. The number of methoxy groups -OCH3 is 1. The van der Waals surface area contributed by atoms with Gasteiger partial charge in [0, 0.05) is 35.8 Å². The summed E-state index contributed by atoms with van der Waals surface area (Å²) in [6, 6.07) is 19.8. The number of hydrogen-bond acceptors (Lipinski definition) is 6. The number of nitrogens with zero attached hydrogens (tertiary/aromatic N) is 5. The van der Waals surface area contributed by atoms with E-state index in [4.69, 9.17) is 9.84 Å². The zero-order valence-corrected chi connectivity index (χ0v) is 17.0. The molecule has 32 heavy (non-hydrogen) atoms. The molecule has 0 amide bonds. The van der Waals surface area contributed by atoms with Crippen LogP contribution in [0.2, 0.25) is 0 Å². The van der Waals surface area contributed by atoms with Crippen molar-refractivity contribution in [3.8, 4) is 28.8 Å². The third-order valence-corrected chi connectivity index (χ3v) is 4.81. The van der Waals surface area contributed by atoms with Gasteiger partial charge in [-0.15, -0.1) is 0 Å². The molecule has 0 saturated carbocycles. The van der Waals surface area contributed by atoms with E-state index in [1.807, 2.05) is 48.7 Å². The van der Waals surface area contributed by atoms with E-state index in [0.29, 0.717) is 22.4 Å². The Morgan fingerprint density at radius 3 is 2.66 bits per heavy atom. The molecule has 0 bridgehead atoms. The summed E-state index contributed by atoms with van der Waals surface area (Å²) >= 11 is 0. The number of nitro groups is 1. The Labute approximate surface area is 183 Å². The van der Waals surface area contributed by atoms with Gasteiger partial charge in [-0.25, -0.2) is 4.68 Å². The summed E-state index contributed by atoms with van der Waals surface area (Å²) in [6.07, 6.45) is 6.92. The van der Waals surface area contributed by atoms with Crippen LogP contribution in [0.3, 0.4) is 0 Å². The van der Waals surface area contributed by atoms with Crippen LogP contribution in [-0.4, -0.2) is 26.8 Å². The molecule has 156 valence electrons. The Kier molecular flexibility index (Phi) is 5.72. The van der Waals surface area contributed by atoms with Crippen LogP contribution >= 0.6 is 0 Å². The maximum Gasteiger partial charge on any atom is 0.310 e. The fraction of sp³-hybridized carbons (Fsp3) is 0.0417. The second-order valence-electron chi connectivity index (χ2n) is 6.77. The van der Waals surface area contributed by atoms with Crippen molar-refractivity contribution in [3.63, 3.8) is 0 Å². The first-order valence-corrected chi connectivity index (χ1v) is 9.61. The summed E-state index contributed by atoms with van der Waals surface area (Å²) in [4.78, 5) is 14.8. The van der Waals surface area contributed by atoms with E-state index >= 15 is 0 Å². The molecule has 0 aliphatic carbocycles.